The molecule has 0 bridgehead atoms. The molecule has 122 valence electrons. The minimum Gasteiger partial charge on any atom is -0.457 e. The van der Waals surface area contributed by atoms with Crippen LogP contribution in [0.1, 0.15) is 54.6 Å². The first-order valence-electron chi connectivity index (χ1n) is 8.41. The second-order valence-corrected chi connectivity index (χ2v) is 6.44. The van der Waals surface area contributed by atoms with E-state index in [2.05, 4.69) is 4.98 Å². The molecule has 4 nitrogen and oxygen atoms in total. The number of esters is 1. The molecule has 1 N–H and O–H groups in total. The molecule has 1 saturated carbocycles. The second-order valence-electron chi connectivity index (χ2n) is 6.44. The molecule has 0 radical (unpaired) electrons. The van der Waals surface area contributed by atoms with Gasteiger partial charge in [-0.2, -0.15) is 0 Å². The zero-order valence-corrected chi connectivity index (χ0v) is 13.6. The summed E-state index contributed by atoms with van der Waals surface area (Å²) in [4.78, 5) is 27.4. The molecule has 1 heterocycles. The highest BCUT2D eigenvalue weighted by molar-refractivity contribution is 6.10. The van der Waals surface area contributed by atoms with Crippen LogP contribution in [0.4, 0.5) is 0 Å². The number of aromatic amines is 1. The van der Waals surface area contributed by atoms with Crippen LogP contribution in [0.5, 0.6) is 0 Å². The maximum atomic E-state index is 12.4. The number of hydrogen-bond acceptors (Lipinski definition) is 3. The Kier molecular flexibility index (Phi) is 4.79. The van der Waals surface area contributed by atoms with Crippen LogP contribution in [0.3, 0.4) is 0 Å². The van der Waals surface area contributed by atoms with Crippen molar-refractivity contribution >= 4 is 22.7 Å². The SMILES string of the molecule is Cc1[nH]c2ccccc2c1C(=O)COC(=O)CCC1CCCC1. The fourth-order valence-electron chi connectivity index (χ4n) is 3.55. The molecule has 1 aromatic carbocycles. The highest BCUT2D eigenvalue weighted by Crippen LogP contribution is 2.28. The van der Waals surface area contributed by atoms with Crippen LogP contribution < -0.4 is 0 Å². The summed E-state index contributed by atoms with van der Waals surface area (Å²) in [5.41, 5.74) is 2.38. The van der Waals surface area contributed by atoms with E-state index < -0.39 is 0 Å². The third kappa shape index (κ3) is 3.63. The molecule has 1 fully saturated rings. The van der Waals surface area contributed by atoms with Gasteiger partial charge in [-0.05, 0) is 25.3 Å². The van der Waals surface area contributed by atoms with Crippen LogP contribution in [-0.4, -0.2) is 23.3 Å². The molecule has 0 atom stereocenters. The third-order valence-corrected chi connectivity index (χ3v) is 4.77. The summed E-state index contributed by atoms with van der Waals surface area (Å²) in [5.74, 6) is 0.256. The molecule has 1 aliphatic carbocycles. The largest absolute Gasteiger partial charge is 0.457 e. The van der Waals surface area contributed by atoms with E-state index in [1.807, 2.05) is 31.2 Å². The number of carbonyl (C=O) groups excluding carboxylic acids is 2. The Balaban J connectivity index is 1.56. The lowest BCUT2D eigenvalue weighted by molar-refractivity contribution is -0.142. The lowest BCUT2D eigenvalue weighted by Crippen LogP contribution is -2.15. The van der Waals surface area contributed by atoms with E-state index in [0.29, 0.717) is 17.9 Å². The first-order valence-corrected chi connectivity index (χ1v) is 8.41. The number of rotatable bonds is 6. The number of ether oxygens (including phenoxy) is 1. The van der Waals surface area contributed by atoms with Gasteiger partial charge < -0.3 is 9.72 Å². The number of fused-ring (bicyclic) bond motifs is 1. The van der Waals surface area contributed by atoms with Gasteiger partial charge >= 0.3 is 5.97 Å². The number of carbonyl (C=O) groups is 2. The van der Waals surface area contributed by atoms with Gasteiger partial charge in [-0.15, -0.1) is 0 Å². The zero-order valence-electron chi connectivity index (χ0n) is 13.6. The van der Waals surface area contributed by atoms with Crippen molar-refractivity contribution < 1.29 is 14.3 Å². The highest BCUT2D eigenvalue weighted by Gasteiger charge is 2.19. The molecule has 1 aliphatic rings. The van der Waals surface area contributed by atoms with Crippen molar-refractivity contribution in [2.45, 2.75) is 45.4 Å². The monoisotopic (exact) mass is 313 g/mol. The van der Waals surface area contributed by atoms with Gasteiger partial charge in [0.2, 0.25) is 5.78 Å². The summed E-state index contributed by atoms with van der Waals surface area (Å²) >= 11 is 0. The van der Waals surface area contributed by atoms with Gasteiger partial charge in [-0.3, -0.25) is 9.59 Å². The van der Waals surface area contributed by atoms with Crippen molar-refractivity contribution in [1.29, 1.82) is 0 Å². The van der Waals surface area contributed by atoms with Crippen molar-refractivity contribution in [3.05, 3.63) is 35.5 Å². The Labute approximate surface area is 136 Å². The number of aryl methyl sites for hydroxylation is 1. The fraction of sp³-hybridized carbons (Fsp3) is 0.474. The third-order valence-electron chi connectivity index (χ3n) is 4.77. The Morgan fingerprint density at radius 3 is 2.74 bits per heavy atom. The van der Waals surface area contributed by atoms with Crippen molar-refractivity contribution in [3.63, 3.8) is 0 Å². The molecule has 1 aromatic heterocycles. The Morgan fingerprint density at radius 2 is 1.96 bits per heavy atom. The topological polar surface area (TPSA) is 59.2 Å². The van der Waals surface area contributed by atoms with E-state index in [0.717, 1.165) is 23.0 Å². The van der Waals surface area contributed by atoms with E-state index in [-0.39, 0.29) is 18.4 Å². The quantitative estimate of drug-likeness (QED) is 0.643. The fourth-order valence-corrected chi connectivity index (χ4v) is 3.55. The molecule has 0 spiro atoms. The van der Waals surface area contributed by atoms with Gasteiger partial charge in [0.05, 0.1) is 0 Å². The van der Waals surface area contributed by atoms with Crippen LogP contribution >= 0.6 is 0 Å². The number of ketones is 1. The summed E-state index contributed by atoms with van der Waals surface area (Å²) < 4.78 is 5.19. The average Bonchev–Trinajstić information content (AvgIpc) is 3.17. The summed E-state index contributed by atoms with van der Waals surface area (Å²) in [6, 6.07) is 7.68. The molecule has 0 amide bonds. The number of Topliss-reactive ketones (excluding diaryl/α,β-unsaturated/α-hetero) is 1. The molecular formula is C19H23NO3. The van der Waals surface area contributed by atoms with Gasteiger partial charge in [-0.1, -0.05) is 43.9 Å². The zero-order chi connectivity index (χ0) is 16.2. The Bertz CT molecular complexity index is 710. The van der Waals surface area contributed by atoms with Gasteiger partial charge in [0.15, 0.2) is 6.61 Å². The Hall–Kier alpha value is -2.10. The molecule has 2 aromatic rings. The smallest absolute Gasteiger partial charge is 0.306 e. The molecule has 3 rings (SSSR count). The summed E-state index contributed by atoms with van der Waals surface area (Å²) in [7, 11) is 0. The van der Waals surface area contributed by atoms with Crippen molar-refractivity contribution in [2.24, 2.45) is 5.92 Å². The van der Waals surface area contributed by atoms with E-state index in [9.17, 15) is 9.59 Å². The summed E-state index contributed by atoms with van der Waals surface area (Å²) in [6.07, 6.45) is 6.31. The predicted octanol–water partition coefficient (Wildman–Crippen LogP) is 4.17. The molecule has 0 aliphatic heterocycles. The van der Waals surface area contributed by atoms with Crippen LogP contribution in [0.2, 0.25) is 0 Å². The molecule has 23 heavy (non-hydrogen) atoms. The summed E-state index contributed by atoms with van der Waals surface area (Å²) in [5, 5.41) is 0.886. The number of benzene rings is 1. The minimum atomic E-state index is -0.261. The van der Waals surface area contributed by atoms with Crippen LogP contribution in [-0.2, 0) is 9.53 Å². The van der Waals surface area contributed by atoms with Crippen LogP contribution in [0.15, 0.2) is 24.3 Å². The predicted molar refractivity (Wildman–Crippen MR) is 89.5 cm³/mol. The number of H-pyrrole nitrogens is 1. The van der Waals surface area contributed by atoms with E-state index in [1.165, 1.54) is 25.7 Å². The normalized spacial score (nSPS) is 15.2. The lowest BCUT2D eigenvalue weighted by atomic mass is 10.0. The second kappa shape index (κ2) is 6.99. The number of nitrogens with one attached hydrogen (secondary N) is 1. The first kappa shape index (κ1) is 15.8. The standard InChI is InChI=1S/C19H23NO3/c1-13-19(15-8-4-5-9-16(15)20-13)17(21)12-23-18(22)11-10-14-6-2-3-7-14/h4-5,8-9,14,20H,2-3,6-7,10-12H2,1H3. The van der Waals surface area contributed by atoms with Crippen molar-refractivity contribution in [3.8, 4) is 0 Å². The van der Waals surface area contributed by atoms with Gasteiger partial charge in [0.25, 0.3) is 0 Å². The maximum Gasteiger partial charge on any atom is 0.306 e. The van der Waals surface area contributed by atoms with E-state index in [4.69, 9.17) is 4.74 Å². The van der Waals surface area contributed by atoms with E-state index >= 15 is 0 Å². The van der Waals surface area contributed by atoms with Gasteiger partial charge in [0.1, 0.15) is 0 Å². The molecule has 4 heteroatoms. The number of para-hydroxylation sites is 1. The maximum absolute atomic E-state index is 12.4. The van der Waals surface area contributed by atoms with Gasteiger partial charge in [0, 0.05) is 28.6 Å². The first-order chi connectivity index (χ1) is 11.1. The molecule has 0 saturated heterocycles. The summed E-state index contributed by atoms with van der Waals surface area (Å²) in [6.45, 7) is 1.70. The van der Waals surface area contributed by atoms with Crippen LogP contribution in [0.25, 0.3) is 10.9 Å². The molecular weight excluding hydrogens is 290 g/mol. The number of hydrogen-bond donors (Lipinski definition) is 1. The van der Waals surface area contributed by atoms with Crippen molar-refractivity contribution in [2.75, 3.05) is 6.61 Å². The Morgan fingerprint density at radius 1 is 1.22 bits per heavy atom. The minimum absolute atomic E-state index is 0.144. The molecule has 0 unspecified atom stereocenters. The van der Waals surface area contributed by atoms with Gasteiger partial charge in [-0.25, -0.2) is 0 Å². The van der Waals surface area contributed by atoms with Crippen molar-refractivity contribution in [1.82, 2.24) is 4.98 Å². The lowest BCUT2D eigenvalue weighted by Gasteiger charge is -2.08. The number of aromatic nitrogens is 1. The van der Waals surface area contributed by atoms with Crippen LogP contribution in [0, 0.1) is 12.8 Å². The highest BCUT2D eigenvalue weighted by atomic mass is 16.5. The average molecular weight is 313 g/mol. The van der Waals surface area contributed by atoms with E-state index in [1.54, 1.807) is 0 Å².